The molecule has 1 amide bonds. The average molecular weight is 276 g/mol. The summed E-state index contributed by atoms with van der Waals surface area (Å²) in [6, 6.07) is 8.01. The first-order valence-corrected chi connectivity index (χ1v) is 7.40. The van der Waals surface area contributed by atoms with Gasteiger partial charge in [0, 0.05) is 18.2 Å². The summed E-state index contributed by atoms with van der Waals surface area (Å²) < 4.78 is 5.74. The number of rotatable bonds is 5. The molecule has 0 aromatic heterocycles. The molecule has 20 heavy (non-hydrogen) atoms. The summed E-state index contributed by atoms with van der Waals surface area (Å²) in [4.78, 5) is 12.1. The van der Waals surface area contributed by atoms with Crippen molar-refractivity contribution in [3.63, 3.8) is 0 Å². The first-order chi connectivity index (χ1) is 9.65. The van der Waals surface area contributed by atoms with Crippen LogP contribution in [-0.2, 0) is 11.2 Å². The first kappa shape index (κ1) is 14.9. The van der Waals surface area contributed by atoms with Crippen LogP contribution >= 0.6 is 0 Å². The average Bonchev–Trinajstić information content (AvgIpc) is 2.41. The highest BCUT2D eigenvalue weighted by molar-refractivity contribution is 5.79. The second kappa shape index (κ2) is 7.29. The van der Waals surface area contributed by atoms with Crippen molar-refractivity contribution in [3.8, 4) is 5.75 Å². The SMILES string of the molecule is CC(C)Oc1ccccc1CC(=O)NC1CCCNC1. The molecule has 2 rings (SSSR count). The van der Waals surface area contributed by atoms with E-state index in [-0.39, 0.29) is 18.1 Å². The van der Waals surface area contributed by atoms with Gasteiger partial charge in [-0.05, 0) is 39.3 Å². The van der Waals surface area contributed by atoms with Gasteiger partial charge in [0.2, 0.25) is 5.91 Å². The summed E-state index contributed by atoms with van der Waals surface area (Å²) >= 11 is 0. The van der Waals surface area contributed by atoms with Gasteiger partial charge < -0.3 is 15.4 Å². The lowest BCUT2D eigenvalue weighted by Crippen LogP contribution is -2.46. The molecule has 0 aliphatic carbocycles. The predicted octanol–water partition coefficient (Wildman–Crippen LogP) is 1.88. The van der Waals surface area contributed by atoms with Crippen LogP contribution in [0.1, 0.15) is 32.3 Å². The van der Waals surface area contributed by atoms with Crippen molar-refractivity contribution >= 4 is 5.91 Å². The van der Waals surface area contributed by atoms with Crippen molar-refractivity contribution in [2.75, 3.05) is 13.1 Å². The molecule has 1 aliphatic rings. The predicted molar refractivity (Wildman–Crippen MR) is 79.9 cm³/mol. The van der Waals surface area contributed by atoms with Crippen molar-refractivity contribution < 1.29 is 9.53 Å². The number of hydrogen-bond donors (Lipinski definition) is 2. The number of amides is 1. The maximum absolute atomic E-state index is 12.1. The quantitative estimate of drug-likeness (QED) is 0.863. The van der Waals surface area contributed by atoms with Gasteiger partial charge in [0.15, 0.2) is 0 Å². The van der Waals surface area contributed by atoms with Gasteiger partial charge in [0.1, 0.15) is 5.75 Å². The van der Waals surface area contributed by atoms with Crippen molar-refractivity contribution in [1.29, 1.82) is 0 Å². The summed E-state index contributed by atoms with van der Waals surface area (Å²) in [6.45, 7) is 5.91. The molecule has 0 radical (unpaired) electrons. The number of piperidine rings is 1. The second-order valence-electron chi connectivity index (χ2n) is 5.56. The monoisotopic (exact) mass is 276 g/mol. The van der Waals surface area contributed by atoms with Crippen LogP contribution in [0.3, 0.4) is 0 Å². The van der Waals surface area contributed by atoms with E-state index in [1.54, 1.807) is 0 Å². The molecule has 110 valence electrons. The van der Waals surface area contributed by atoms with Crippen LogP contribution in [0.2, 0.25) is 0 Å². The number of para-hydroxylation sites is 1. The zero-order chi connectivity index (χ0) is 14.4. The van der Waals surface area contributed by atoms with E-state index in [9.17, 15) is 4.79 Å². The van der Waals surface area contributed by atoms with E-state index >= 15 is 0 Å². The lowest BCUT2D eigenvalue weighted by molar-refractivity contribution is -0.121. The van der Waals surface area contributed by atoms with Gasteiger partial charge in [0.25, 0.3) is 0 Å². The maximum Gasteiger partial charge on any atom is 0.224 e. The number of ether oxygens (including phenoxy) is 1. The largest absolute Gasteiger partial charge is 0.491 e. The van der Waals surface area contributed by atoms with Crippen LogP contribution < -0.4 is 15.4 Å². The third-order valence-electron chi connectivity index (χ3n) is 3.35. The maximum atomic E-state index is 12.1. The number of benzene rings is 1. The lowest BCUT2D eigenvalue weighted by atomic mass is 10.1. The molecule has 4 heteroatoms. The van der Waals surface area contributed by atoms with Crippen LogP contribution in [0.4, 0.5) is 0 Å². The summed E-state index contributed by atoms with van der Waals surface area (Å²) in [5.41, 5.74) is 0.947. The molecule has 2 N–H and O–H groups in total. The van der Waals surface area contributed by atoms with Gasteiger partial charge in [-0.2, -0.15) is 0 Å². The van der Waals surface area contributed by atoms with Gasteiger partial charge in [0.05, 0.1) is 12.5 Å². The molecule has 1 saturated heterocycles. The molecular weight excluding hydrogens is 252 g/mol. The summed E-state index contributed by atoms with van der Waals surface area (Å²) in [6.07, 6.45) is 2.67. The molecule has 1 unspecified atom stereocenters. The Hall–Kier alpha value is -1.55. The zero-order valence-corrected chi connectivity index (χ0v) is 12.3. The van der Waals surface area contributed by atoms with Crippen LogP contribution in [0.15, 0.2) is 24.3 Å². The van der Waals surface area contributed by atoms with Gasteiger partial charge in [-0.1, -0.05) is 18.2 Å². The number of carbonyl (C=O) groups excluding carboxylic acids is 1. The summed E-state index contributed by atoms with van der Waals surface area (Å²) in [7, 11) is 0. The summed E-state index contributed by atoms with van der Waals surface area (Å²) in [5, 5.41) is 6.39. The van der Waals surface area contributed by atoms with Crippen LogP contribution in [-0.4, -0.2) is 31.1 Å². The fourth-order valence-electron chi connectivity index (χ4n) is 2.45. The van der Waals surface area contributed by atoms with E-state index in [4.69, 9.17) is 4.74 Å². The molecule has 1 aromatic carbocycles. The normalized spacial score (nSPS) is 18.9. The van der Waals surface area contributed by atoms with Gasteiger partial charge in [-0.15, -0.1) is 0 Å². The Morgan fingerprint density at radius 2 is 2.25 bits per heavy atom. The highest BCUT2D eigenvalue weighted by Crippen LogP contribution is 2.20. The molecule has 1 heterocycles. The molecule has 0 spiro atoms. The fraction of sp³-hybridized carbons (Fsp3) is 0.562. The van der Waals surface area contributed by atoms with Gasteiger partial charge in [-0.25, -0.2) is 0 Å². The minimum absolute atomic E-state index is 0.0681. The number of nitrogens with one attached hydrogen (secondary N) is 2. The van der Waals surface area contributed by atoms with Crippen molar-refractivity contribution in [2.24, 2.45) is 0 Å². The minimum Gasteiger partial charge on any atom is -0.491 e. The van der Waals surface area contributed by atoms with Crippen molar-refractivity contribution in [3.05, 3.63) is 29.8 Å². The van der Waals surface area contributed by atoms with Gasteiger partial charge >= 0.3 is 0 Å². The Bertz CT molecular complexity index is 440. The number of hydrogen-bond acceptors (Lipinski definition) is 3. The topological polar surface area (TPSA) is 50.4 Å². The minimum atomic E-state index is 0.0681. The number of carbonyl (C=O) groups is 1. The fourth-order valence-corrected chi connectivity index (χ4v) is 2.45. The molecule has 1 atom stereocenters. The first-order valence-electron chi connectivity index (χ1n) is 7.40. The van der Waals surface area contributed by atoms with E-state index in [1.807, 2.05) is 38.1 Å². The van der Waals surface area contributed by atoms with E-state index in [2.05, 4.69) is 10.6 Å². The standard InChI is InChI=1S/C16H24N2O2/c1-12(2)20-15-8-4-3-6-13(15)10-16(19)18-14-7-5-9-17-11-14/h3-4,6,8,12,14,17H,5,7,9-11H2,1-2H3,(H,18,19). The molecule has 1 aromatic rings. The Morgan fingerprint density at radius 1 is 1.45 bits per heavy atom. The molecule has 1 fully saturated rings. The smallest absolute Gasteiger partial charge is 0.224 e. The van der Waals surface area contributed by atoms with E-state index in [0.717, 1.165) is 37.2 Å². The molecular formula is C16H24N2O2. The third kappa shape index (κ3) is 4.53. The molecule has 0 saturated carbocycles. The summed E-state index contributed by atoms with van der Waals surface area (Å²) in [5.74, 6) is 0.873. The Labute approximate surface area is 120 Å². The Balaban J connectivity index is 1.93. The Kier molecular flexibility index (Phi) is 5.41. The van der Waals surface area contributed by atoms with Crippen LogP contribution in [0, 0.1) is 0 Å². The second-order valence-corrected chi connectivity index (χ2v) is 5.56. The van der Waals surface area contributed by atoms with E-state index in [0.29, 0.717) is 6.42 Å². The molecule has 0 bridgehead atoms. The van der Waals surface area contributed by atoms with E-state index in [1.165, 1.54) is 0 Å². The molecule has 4 nitrogen and oxygen atoms in total. The third-order valence-corrected chi connectivity index (χ3v) is 3.35. The van der Waals surface area contributed by atoms with Crippen LogP contribution in [0.25, 0.3) is 0 Å². The Morgan fingerprint density at radius 3 is 2.95 bits per heavy atom. The van der Waals surface area contributed by atoms with Crippen LogP contribution in [0.5, 0.6) is 5.75 Å². The lowest BCUT2D eigenvalue weighted by Gasteiger charge is -2.24. The van der Waals surface area contributed by atoms with Crippen molar-refractivity contribution in [2.45, 2.75) is 45.3 Å². The van der Waals surface area contributed by atoms with E-state index < -0.39 is 0 Å². The van der Waals surface area contributed by atoms with Gasteiger partial charge in [-0.3, -0.25) is 4.79 Å². The highest BCUT2D eigenvalue weighted by atomic mass is 16.5. The zero-order valence-electron chi connectivity index (χ0n) is 12.3. The highest BCUT2D eigenvalue weighted by Gasteiger charge is 2.16. The van der Waals surface area contributed by atoms with Crippen molar-refractivity contribution in [1.82, 2.24) is 10.6 Å². The molecule has 1 aliphatic heterocycles.